The molecule has 0 N–H and O–H groups in total. The van der Waals surface area contributed by atoms with Crippen molar-refractivity contribution < 1.29 is 4.74 Å². The van der Waals surface area contributed by atoms with E-state index >= 15 is 0 Å². The molecule has 1 heterocycles. The van der Waals surface area contributed by atoms with E-state index in [0.717, 1.165) is 22.3 Å². The standard InChI is InChI=1S/C22H20N4O2/c1-16-9-8-14-20(26-22(27)25(2)23-24-26)21(16)28-15-18-12-6-7-13-19(18)17-10-4-3-5-11-17/h3-14H,15H2,1-2H3. The zero-order valence-electron chi connectivity index (χ0n) is 15.7. The van der Waals surface area contributed by atoms with Gasteiger partial charge in [-0.25, -0.2) is 4.79 Å². The molecule has 0 atom stereocenters. The van der Waals surface area contributed by atoms with Crippen molar-refractivity contribution in [3.05, 3.63) is 94.4 Å². The molecular formula is C22H20N4O2. The Morgan fingerprint density at radius 1 is 0.893 bits per heavy atom. The van der Waals surface area contributed by atoms with E-state index in [1.165, 1.54) is 9.36 Å². The van der Waals surface area contributed by atoms with Gasteiger partial charge >= 0.3 is 5.69 Å². The summed E-state index contributed by atoms with van der Waals surface area (Å²) in [6.07, 6.45) is 0. The number of ether oxygens (including phenoxy) is 1. The summed E-state index contributed by atoms with van der Waals surface area (Å²) in [5.41, 5.74) is 4.50. The number of nitrogens with zero attached hydrogens (tertiary/aromatic N) is 4. The number of para-hydroxylation sites is 1. The van der Waals surface area contributed by atoms with Gasteiger partial charge in [-0.05, 0) is 45.7 Å². The lowest BCUT2D eigenvalue weighted by Crippen LogP contribution is -2.22. The molecule has 4 rings (SSSR count). The number of aromatic nitrogens is 4. The summed E-state index contributed by atoms with van der Waals surface area (Å²) in [7, 11) is 1.57. The SMILES string of the molecule is Cc1cccc(-n2nnn(C)c2=O)c1OCc1ccccc1-c1ccccc1. The van der Waals surface area contributed by atoms with Crippen LogP contribution in [0.4, 0.5) is 0 Å². The molecule has 1 aromatic heterocycles. The summed E-state index contributed by atoms with van der Waals surface area (Å²) in [6.45, 7) is 2.32. The number of rotatable bonds is 5. The molecular weight excluding hydrogens is 352 g/mol. The van der Waals surface area contributed by atoms with Gasteiger partial charge in [-0.1, -0.05) is 66.7 Å². The third-order valence-corrected chi connectivity index (χ3v) is 4.62. The maximum absolute atomic E-state index is 12.3. The molecule has 0 aliphatic carbocycles. The van der Waals surface area contributed by atoms with Crippen LogP contribution in [0.15, 0.2) is 77.6 Å². The number of hydrogen-bond donors (Lipinski definition) is 0. The first-order valence-electron chi connectivity index (χ1n) is 9.00. The molecule has 0 spiro atoms. The molecule has 6 heteroatoms. The molecule has 0 unspecified atom stereocenters. The predicted molar refractivity (Wildman–Crippen MR) is 108 cm³/mol. The second-order valence-electron chi connectivity index (χ2n) is 6.53. The van der Waals surface area contributed by atoms with Crippen molar-refractivity contribution in [1.82, 2.24) is 19.8 Å². The fourth-order valence-electron chi connectivity index (χ4n) is 3.15. The third kappa shape index (κ3) is 3.32. The van der Waals surface area contributed by atoms with E-state index in [-0.39, 0.29) is 5.69 Å². The molecule has 0 aliphatic heterocycles. The van der Waals surface area contributed by atoms with Gasteiger partial charge in [-0.15, -0.1) is 0 Å². The largest absolute Gasteiger partial charge is 0.486 e. The Bertz CT molecular complexity index is 1160. The fraction of sp³-hybridized carbons (Fsp3) is 0.136. The van der Waals surface area contributed by atoms with Crippen LogP contribution in [-0.4, -0.2) is 19.8 Å². The number of tetrazole rings is 1. The molecule has 0 fully saturated rings. The minimum Gasteiger partial charge on any atom is -0.486 e. The number of benzene rings is 3. The molecule has 3 aromatic carbocycles. The van der Waals surface area contributed by atoms with Gasteiger partial charge < -0.3 is 4.74 Å². The average Bonchev–Trinajstić information content (AvgIpc) is 3.06. The summed E-state index contributed by atoms with van der Waals surface area (Å²) in [6, 6.07) is 24.0. The monoisotopic (exact) mass is 372 g/mol. The Kier molecular flexibility index (Phi) is 4.76. The van der Waals surface area contributed by atoms with Crippen molar-refractivity contribution in [2.75, 3.05) is 0 Å². The average molecular weight is 372 g/mol. The maximum Gasteiger partial charge on any atom is 0.368 e. The van der Waals surface area contributed by atoms with E-state index in [1.807, 2.05) is 55.5 Å². The van der Waals surface area contributed by atoms with Crippen molar-refractivity contribution in [3.8, 4) is 22.6 Å². The van der Waals surface area contributed by atoms with Gasteiger partial charge in [0.1, 0.15) is 18.0 Å². The van der Waals surface area contributed by atoms with Gasteiger partial charge in [0, 0.05) is 7.05 Å². The summed E-state index contributed by atoms with van der Waals surface area (Å²) in [5, 5.41) is 7.74. The Hall–Kier alpha value is -3.67. The molecule has 0 aliphatic rings. The topological polar surface area (TPSA) is 61.9 Å². The molecule has 0 bridgehead atoms. The summed E-state index contributed by atoms with van der Waals surface area (Å²) < 4.78 is 8.64. The highest BCUT2D eigenvalue weighted by Gasteiger charge is 2.15. The van der Waals surface area contributed by atoms with Crippen LogP contribution in [0.3, 0.4) is 0 Å². The second-order valence-corrected chi connectivity index (χ2v) is 6.53. The van der Waals surface area contributed by atoms with Crippen LogP contribution in [0.2, 0.25) is 0 Å². The maximum atomic E-state index is 12.3. The van der Waals surface area contributed by atoms with Gasteiger partial charge in [0.15, 0.2) is 0 Å². The molecule has 6 nitrogen and oxygen atoms in total. The third-order valence-electron chi connectivity index (χ3n) is 4.62. The van der Waals surface area contributed by atoms with Crippen LogP contribution in [0.5, 0.6) is 5.75 Å². The lowest BCUT2D eigenvalue weighted by Gasteiger charge is -2.15. The molecule has 140 valence electrons. The fourth-order valence-corrected chi connectivity index (χ4v) is 3.15. The highest BCUT2D eigenvalue weighted by atomic mass is 16.5. The van der Waals surface area contributed by atoms with Crippen molar-refractivity contribution in [2.45, 2.75) is 13.5 Å². The van der Waals surface area contributed by atoms with Gasteiger partial charge in [0.05, 0.1) is 0 Å². The quantitative estimate of drug-likeness (QED) is 0.538. The number of hydrogen-bond acceptors (Lipinski definition) is 4. The van der Waals surface area contributed by atoms with Crippen molar-refractivity contribution in [3.63, 3.8) is 0 Å². The zero-order valence-corrected chi connectivity index (χ0v) is 15.7. The molecule has 0 amide bonds. The van der Waals surface area contributed by atoms with Crippen LogP contribution < -0.4 is 10.4 Å². The van der Waals surface area contributed by atoms with Gasteiger partial charge in [0.2, 0.25) is 0 Å². The zero-order chi connectivity index (χ0) is 19.5. The summed E-state index contributed by atoms with van der Waals surface area (Å²) >= 11 is 0. The first-order chi connectivity index (χ1) is 13.6. The molecule has 0 saturated carbocycles. The molecule has 0 radical (unpaired) electrons. The first-order valence-corrected chi connectivity index (χ1v) is 9.00. The molecule has 28 heavy (non-hydrogen) atoms. The minimum absolute atomic E-state index is 0.319. The van der Waals surface area contributed by atoms with Crippen LogP contribution in [0, 0.1) is 6.92 Å². The van der Waals surface area contributed by atoms with E-state index < -0.39 is 0 Å². The Morgan fingerprint density at radius 3 is 2.39 bits per heavy atom. The molecule has 4 aromatic rings. The lowest BCUT2D eigenvalue weighted by atomic mass is 10.0. The number of aryl methyl sites for hydroxylation is 2. The van der Waals surface area contributed by atoms with E-state index in [2.05, 4.69) is 34.7 Å². The van der Waals surface area contributed by atoms with E-state index in [4.69, 9.17) is 4.74 Å². The van der Waals surface area contributed by atoms with Gasteiger partial charge in [-0.3, -0.25) is 0 Å². The van der Waals surface area contributed by atoms with Crippen LogP contribution in [0.25, 0.3) is 16.8 Å². The van der Waals surface area contributed by atoms with E-state index in [1.54, 1.807) is 7.05 Å². The van der Waals surface area contributed by atoms with E-state index in [0.29, 0.717) is 18.0 Å². The predicted octanol–water partition coefficient (Wildman–Crippen LogP) is 3.52. The Balaban J connectivity index is 1.69. The van der Waals surface area contributed by atoms with Gasteiger partial charge in [0.25, 0.3) is 0 Å². The van der Waals surface area contributed by atoms with Crippen LogP contribution in [-0.2, 0) is 13.7 Å². The summed E-state index contributed by atoms with van der Waals surface area (Å²) in [4.78, 5) is 12.3. The van der Waals surface area contributed by atoms with Crippen molar-refractivity contribution >= 4 is 0 Å². The normalized spacial score (nSPS) is 10.8. The van der Waals surface area contributed by atoms with Crippen LogP contribution in [0.1, 0.15) is 11.1 Å². The lowest BCUT2D eigenvalue weighted by molar-refractivity contribution is 0.303. The molecule has 0 saturated heterocycles. The Labute approximate surface area is 162 Å². The van der Waals surface area contributed by atoms with E-state index in [9.17, 15) is 4.79 Å². The highest BCUT2D eigenvalue weighted by molar-refractivity contribution is 5.67. The van der Waals surface area contributed by atoms with Gasteiger partial charge in [-0.2, -0.15) is 9.36 Å². The minimum atomic E-state index is -0.319. The summed E-state index contributed by atoms with van der Waals surface area (Å²) in [5.74, 6) is 0.618. The smallest absolute Gasteiger partial charge is 0.368 e. The van der Waals surface area contributed by atoms with Crippen molar-refractivity contribution in [1.29, 1.82) is 0 Å². The first kappa shape index (κ1) is 17.7. The second kappa shape index (κ2) is 7.52. The van der Waals surface area contributed by atoms with Crippen LogP contribution >= 0.6 is 0 Å². The highest BCUT2D eigenvalue weighted by Crippen LogP contribution is 2.29. The van der Waals surface area contributed by atoms with Crippen molar-refractivity contribution in [2.24, 2.45) is 7.05 Å². The Morgan fingerprint density at radius 2 is 1.64 bits per heavy atom.